The molecule has 2 aliphatic heterocycles. The third kappa shape index (κ3) is 2.59. The van der Waals surface area contributed by atoms with Crippen LogP contribution in [-0.4, -0.2) is 14.2 Å². The Hall–Kier alpha value is -4.60. The van der Waals surface area contributed by atoms with Gasteiger partial charge >= 0.3 is 0 Å². The van der Waals surface area contributed by atoms with Crippen molar-refractivity contribution in [2.75, 3.05) is 14.2 Å². The summed E-state index contributed by atoms with van der Waals surface area (Å²) >= 11 is 0. The van der Waals surface area contributed by atoms with Crippen LogP contribution in [0.5, 0.6) is 11.5 Å². The van der Waals surface area contributed by atoms with Crippen molar-refractivity contribution in [3.05, 3.63) is 155 Å². The van der Waals surface area contributed by atoms with Crippen LogP contribution in [0.2, 0.25) is 0 Å². The lowest BCUT2D eigenvalue weighted by Crippen LogP contribution is -2.44. The van der Waals surface area contributed by atoms with Gasteiger partial charge in [-0.25, -0.2) is 0 Å². The van der Waals surface area contributed by atoms with E-state index >= 15 is 0 Å². The molecule has 0 spiro atoms. The maximum absolute atomic E-state index is 7.61. The molecule has 9 rings (SSSR count). The molecular weight excluding hydrogens is 504 g/mol. The molecule has 1 saturated heterocycles. The summed E-state index contributed by atoms with van der Waals surface area (Å²) in [5, 5.41) is 4.27. The Morgan fingerprint density at radius 2 is 0.878 bits per heavy atom. The zero-order valence-electron chi connectivity index (χ0n) is 22.9. The Morgan fingerprint density at radius 1 is 0.488 bits per heavy atom. The molecule has 6 aromatic rings. The number of fused-ring (bicyclic) bond motifs is 13. The Kier molecular flexibility index (Phi) is 4.51. The lowest BCUT2D eigenvalue weighted by atomic mass is 9.50. The molecule has 4 atom stereocenters. The molecule has 3 nitrogen and oxygen atoms in total. The summed E-state index contributed by atoms with van der Waals surface area (Å²) in [7, 11) is 3.53. The maximum atomic E-state index is 7.61. The molecule has 0 radical (unpaired) electrons. The zero-order chi connectivity index (χ0) is 27.3. The third-order valence-corrected chi connectivity index (χ3v) is 9.87. The lowest BCUT2D eigenvalue weighted by molar-refractivity contribution is -0.0452. The molecule has 1 aliphatic carbocycles. The van der Waals surface area contributed by atoms with E-state index in [0.717, 1.165) is 33.0 Å². The highest BCUT2D eigenvalue weighted by atomic mass is 16.5. The van der Waals surface area contributed by atoms with Gasteiger partial charge in [-0.05, 0) is 45.5 Å². The summed E-state index contributed by atoms with van der Waals surface area (Å²) in [6, 6.07) is 43.5. The van der Waals surface area contributed by atoms with Crippen LogP contribution in [0.25, 0.3) is 21.5 Å². The fourth-order valence-electron chi connectivity index (χ4n) is 8.44. The molecule has 6 aromatic carbocycles. The number of benzene rings is 6. The highest BCUT2D eigenvalue weighted by Gasteiger charge is 2.75. The van der Waals surface area contributed by atoms with Crippen molar-refractivity contribution >= 4 is 21.5 Å². The van der Waals surface area contributed by atoms with E-state index in [2.05, 4.69) is 121 Å². The number of ether oxygens (including phenoxy) is 3. The number of rotatable bonds is 4. The smallest absolute Gasteiger partial charge is 0.134 e. The summed E-state index contributed by atoms with van der Waals surface area (Å²) < 4.78 is 19.8. The van der Waals surface area contributed by atoms with Gasteiger partial charge in [0.1, 0.15) is 22.7 Å². The van der Waals surface area contributed by atoms with Crippen molar-refractivity contribution in [3.63, 3.8) is 0 Å². The van der Waals surface area contributed by atoms with E-state index in [4.69, 9.17) is 14.2 Å². The number of methoxy groups -OCH3 is 2. The Bertz CT molecular complexity index is 1870. The first-order chi connectivity index (χ1) is 20.2. The van der Waals surface area contributed by atoms with Gasteiger partial charge in [-0.1, -0.05) is 109 Å². The van der Waals surface area contributed by atoms with E-state index < -0.39 is 11.2 Å². The molecule has 0 amide bonds. The van der Waals surface area contributed by atoms with E-state index in [0.29, 0.717) is 0 Å². The van der Waals surface area contributed by atoms with Gasteiger partial charge in [0, 0.05) is 33.4 Å². The first kappa shape index (κ1) is 23.1. The van der Waals surface area contributed by atoms with Crippen LogP contribution < -0.4 is 9.47 Å². The molecule has 2 bridgehead atoms. The van der Waals surface area contributed by atoms with Gasteiger partial charge in [0.25, 0.3) is 0 Å². The molecule has 2 unspecified atom stereocenters. The summed E-state index contributed by atoms with van der Waals surface area (Å²) in [6.07, 6.45) is 0. The second kappa shape index (κ2) is 7.99. The van der Waals surface area contributed by atoms with E-state index in [1.165, 1.54) is 33.4 Å². The van der Waals surface area contributed by atoms with Crippen molar-refractivity contribution in [1.82, 2.24) is 0 Å². The van der Waals surface area contributed by atoms with Gasteiger partial charge in [-0.3, -0.25) is 0 Å². The third-order valence-electron chi connectivity index (χ3n) is 9.87. The second-order valence-corrected chi connectivity index (χ2v) is 11.4. The van der Waals surface area contributed by atoms with Crippen molar-refractivity contribution in [3.8, 4) is 11.5 Å². The minimum absolute atomic E-state index is 0.154. The van der Waals surface area contributed by atoms with Crippen LogP contribution in [0.1, 0.15) is 45.2 Å². The topological polar surface area (TPSA) is 27.7 Å². The molecule has 3 aliphatic rings. The van der Waals surface area contributed by atoms with Gasteiger partial charge in [0.15, 0.2) is 0 Å². The van der Waals surface area contributed by atoms with E-state index in [1.807, 2.05) is 0 Å². The van der Waals surface area contributed by atoms with Crippen molar-refractivity contribution in [2.45, 2.75) is 23.0 Å². The highest BCUT2D eigenvalue weighted by molar-refractivity contribution is 6.11. The van der Waals surface area contributed by atoms with Gasteiger partial charge in [0.05, 0.1) is 14.2 Å². The van der Waals surface area contributed by atoms with Crippen LogP contribution >= 0.6 is 0 Å². The SMILES string of the molecule is COc1c2ccccc2c(OC)c2cc3c(cc12)C1C3[C@@]2(c3ccccc3)O[C@]1(c1ccccc1)c1ccccc12. The standard InChI is InChI=1S/C38H28O3/c1-39-35-25-17-9-10-18-26(25)36(40-2)30-22-28-27(21-29(30)35)33-34(28)38(24-15-7-4-8-16-24)32-20-12-11-19-31(32)37(33,41-38)23-13-5-3-6-14-23/h3-22,33-34H,1-2H3/t33?,34?,37-,38+. The number of hydrogen-bond donors (Lipinski definition) is 0. The average molecular weight is 533 g/mol. The predicted molar refractivity (Wildman–Crippen MR) is 162 cm³/mol. The van der Waals surface area contributed by atoms with Gasteiger partial charge in [-0.2, -0.15) is 0 Å². The van der Waals surface area contributed by atoms with Crippen molar-refractivity contribution in [2.24, 2.45) is 0 Å². The number of hydrogen-bond acceptors (Lipinski definition) is 3. The predicted octanol–water partition coefficient (Wildman–Crippen LogP) is 8.42. The Labute approximate surface area is 238 Å². The maximum Gasteiger partial charge on any atom is 0.134 e. The molecule has 0 N–H and O–H groups in total. The summed E-state index contributed by atoms with van der Waals surface area (Å²) in [5.41, 5.74) is 6.41. The summed E-state index contributed by atoms with van der Waals surface area (Å²) in [6.45, 7) is 0. The van der Waals surface area contributed by atoms with Crippen LogP contribution in [0.3, 0.4) is 0 Å². The van der Waals surface area contributed by atoms with Crippen LogP contribution in [-0.2, 0) is 15.9 Å². The largest absolute Gasteiger partial charge is 0.495 e. The van der Waals surface area contributed by atoms with Crippen molar-refractivity contribution in [1.29, 1.82) is 0 Å². The Balaban J connectivity index is 1.41. The second-order valence-electron chi connectivity index (χ2n) is 11.4. The lowest BCUT2D eigenvalue weighted by Gasteiger charge is -2.49. The monoisotopic (exact) mass is 532 g/mol. The first-order valence-corrected chi connectivity index (χ1v) is 14.3. The molecule has 0 saturated carbocycles. The van der Waals surface area contributed by atoms with E-state index in [9.17, 15) is 0 Å². The van der Waals surface area contributed by atoms with Crippen LogP contribution in [0.15, 0.2) is 121 Å². The normalized spacial score (nSPS) is 24.9. The molecule has 2 heterocycles. The molecule has 0 aromatic heterocycles. The van der Waals surface area contributed by atoms with Gasteiger partial charge in [0.2, 0.25) is 0 Å². The summed E-state index contributed by atoms with van der Waals surface area (Å²) in [4.78, 5) is 0. The fourth-order valence-corrected chi connectivity index (χ4v) is 8.44. The van der Waals surface area contributed by atoms with Gasteiger partial charge < -0.3 is 14.2 Å². The zero-order valence-corrected chi connectivity index (χ0v) is 22.9. The molecule has 41 heavy (non-hydrogen) atoms. The van der Waals surface area contributed by atoms with E-state index in [1.54, 1.807) is 14.2 Å². The minimum Gasteiger partial charge on any atom is -0.495 e. The average Bonchev–Trinajstić information content (AvgIpc) is 3.49. The molecule has 3 heteroatoms. The molecule has 198 valence electrons. The van der Waals surface area contributed by atoms with Crippen LogP contribution in [0.4, 0.5) is 0 Å². The highest BCUT2D eigenvalue weighted by Crippen LogP contribution is 2.79. The van der Waals surface area contributed by atoms with Crippen molar-refractivity contribution < 1.29 is 14.2 Å². The Morgan fingerprint density at radius 3 is 1.29 bits per heavy atom. The first-order valence-electron chi connectivity index (χ1n) is 14.3. The van der Waals surface area contributed by atoms with E-state index in [-0.39, 0.29) is 11.8 Å². The minimum atomic E-state index is -0.590. The fraction of sp³-hybridized carbons (Fsp3) is 0.158. The molecular formula is C38H28O3. The van der Waals surface area contributed by atoms with Crippen LogP contribution in [0, 0.1) is 0 Å². The summed E-state index contributed by atoms with van der Waals surface area (Å²) in [5.74, 6) is 2.08. The quantitative estimate of drug-likeness (QED) is 0.213. The molecule has 1 fully saturated rings. The van der Waals surface area contributed by atoms with Gasteiger partial charge in [-0.15, -0.1) is 0 Å².